The second-order valence-corrected chi connectivity index (χ2v) is 4.85. The van der Waals surface area contributed by atoms with Crippen LogP contribution in [0.2, 0.25) is 0 Å². The predicted molar refractivity (Wildman–Crippen MR) is 73.5 cm³/mol. The van der Waals surface area contributed by atoms with Gasteiger partial charge in [-0.1, -0.05) is 15.9 Å². The topological polar surface area (TPSA) is 69.6 Å². The zero-order valence-electron chi connectivity index (χ0n) is 9.63. The van der Waals surface area contributed by atoms with E-state index < -0.39 is 0 Å². The fourth-order valence-electron chi connectivity index (χ4n) is 1.91. The number of nitrogens with two attached hydrogens (primary N) is 1. The number of hydrogen-bond acceptors (Lipinski definition) is 4. The summed E-state index contributed by atoms with van der Waals surface area (Å²) in [6.07, 6.45) is 1.45. The Hall–Kier alpha value is -1.95. The molecule has 18 heavy (non-hydrogen) atoms. The third-order valence-corrected chi connectivity index (χ3v) is 3.27. The van der Waals surface area contributed by atoms with E-state index in [-0.39, 0.29) is 0 Å². The fourth-order valence-corrected chi connectivity index (χ4v) is 2.17. The molecule has 0 unspecified atom stereocenters. The number of rotatable bonds is 1. The largest absolute Gasteiger partial charge is 0.383 e. The van der Waals surface area contributed by atoms with Crippen LogP contribution in [0.4, 0.5) is 5.82 Å². The summed E-state index contributed by atoms with van der Waals surface area (Å²) < 4.78 is 2.79. The van der Waals surface area contributed by atoms with E-state index >= 15 is 0 Å². The minimum absolute atomic E-state index is 0.459. The second kappa shape index (κ2) is 4.06. The van der Waals surface area contributed by atoms with E-state index in [1.54, 1.807) is 4.68 Å². The fraction of sp³-hybridized carbons (Fsp3) is 0.0833. The molecule has 0 amide bonds. The first-order valence-corrected chi connectivity index (χ1v) is 6.18. The molecular weight excluding hydrogens is 294 g/mol. The molecule has 2 N–H and O–H groups in total. The van der Waals surface area contributed by atoms with E-state index in [9.17, 15) is 0 Å². The molecule has 0 saturated carbocycles. The summed E-state index contributed by atoms with van der Waals surface area (Å²) in [4.78, 5) is 8.25. The summed E-state index contributed by atoms with van der Waals surface area (Å²) in [5, 5.41) is 5.28. The van der Waals surface area contributed by atoms with Gasteiger partial charge >= 0.3 is 0 Å². The van der Waals surface area contributed by atoms with Crippen LogP contribution < -0.4 is 5.73 Å². The maximum atomic E-state index is 5.86. The van der Waals surface area contributed by atoms with E-state index in [0.29, 0.717) is 5.82 Å². The van der Waals surface area contributed by atoms with Crippen LogP contribution in [-0.2, 0) is 0 Å². The molecule has 0 aliphatic heterocycles. The Morgan fingerprint density at radius 2 is 1.89 bits per heavy atom. The number of fused-ring (bicyclic) bond motifs is 1. The lowest BCUT2D eigenvalue weighted by Crippen LogP contribution is -1.98. The first kappa shape index (κ1) is 11.2. The summed E-state index contributed by atoms with van der Waals surface area (Å²) in [5.74, 6) is 0.459. The van der Waals surface area contributed by atoms with Gasteiger partial charge in [0.05, 0.1) is 16.8 Å². The van der Waals surface area contributed by atoms with Gasteiger partial charge in [-0.15, -0.1) is 0 Å². The molecule has 5 nitrogen and oxygen atoms in total. The van der Waals surface area contributed by atoms with Crippen molar-refractivity contribution in [1.29, 1.82) is 0 Å². The maximum Gasteiger partial charge on any atom is 0.168 e. The normalized spacial score (nSPS) is 11.0. The quantitative estimate of drug-likeness (QED) is 0.750. The molecule has 0 fully saturated rings. The van der Waals surface area contributed by atoms with Crippen molar-refractivity contribution >= 4 is 32.8 Å². The Morgan fingerprint density at radius 1 is 1.17 bits per heavy atom. The molecule has 2 aromatic heterocycles. The van der Waals surface area contributed by atoms with Crippen molar-refractivity contribution in [3.05, 3.63) is 40.8 Å². The van der Waals surface area contributed by atoms with Gasteiger partial charge in [-0.3, -0.25) is 0 Å². The van der Waals surface area contributed by atoms with Gasteiger partial charge in [0.25, 0.3) is 0 Å². The zero-order chi connectivity index (χ0) is 12.7. The first-order valence-electron chi connectivity index (χ1n) is 5.38. The summed E-state index contributed by atoms with van der Waals surface area (Å²) >= 11 is 3.41. The zero-order valence-corrected chi connectivity index (χ0v) is 11.2. The third kappa shape index (κ3) is 1.65. The van der Waals surface area contributed by atoms with Crippen LogP contribution in [0.3, 0.4) is 0 Å². The molecule has 6 heteroatoms. The molecule has 0 atom stereocenters. The maximum absolute atomic E-state index is 5.86. The minimum Gasteiger partial charge on any atom is -0.383 e. The Morgan fingerprint density at radius 3 is 2.61 bits per heavy atom. The molecule has 0 aliphatic rings. The third-order valence-electron chi connectivity index (χ3n) is 2.74. The number of anilines is 1. The predicted octanol–water partition coefficient (Wildman–Crippen LogP) is 2.47. The Balaban J connectivity index is 2.30. The highest BCUT2D eigenvalue weighted by atomic mass is 79.9. The van der Waals surface area contributed by atoms with Crippen LogP contribution in [-0.4, -0.2) is 19.7 Å². The minimum atomic E-state index is 0.459. The van der Waals surface area contributed by atoms with Crippen LogP contribution in [0.5, 0.6) is 0 Å². The van der Waals surface area contributed by atoms with Gasteiger partial charge in [0.15, 0.2) is 5.65 Å². The van der Waals surface area contributed by atoms with Crippen molar-refractivity contribution in [2.45, 2.75) is 6.92 Å². The Labute approximate surface area is 112 Å². The molecule has 0 spiro atoms. The van der Waals surface area contributed by atoms with E-state index in [1.165, 1.54) is 6.33 Å². The highest BCUT2D eigenvalue weighted by molar-refractivity contribution is 9.10. The van der Waals surface area contributed by atoms with Crippen LogP contribution in [0, 0.1) is 6.92 Å². The average molecular weight is 304 g/mol. The van der Waals surface area contributed by atoms with E-state index in [2.05, 4.69) is 31.0 Å². The molecule has 0 saturated heterocycles. The van der Waals surface area contributed by atoms with E-state index in [1.807, 2.05) is 31.2 Å². The summed E-state index contributed by atoms with van der Waals surface area (Å²) in [5.41, 5.74) is 8.35. The standard InChI is InChI=1S/C12H10BrN5/c1-7-10-11(14)15-6-16-12(10)18(17-7)9-4-2-8(13)3-5-9/h2-6H,1H3,(H2,14,15,16). The lowest BCUT2D eigenvalue weighted by atomic mass is 10.3. The van der Waals surface area contributed by atoms with Gasteiger partial charge in [-0.25, -0.2) is 14.6 Å². The number of benzene rings is 1. The number of aromatic nitrogens is 4. The molecule has 2 heterocycles. The van der Waals surface area contributed by atoms with Crippen molar-refractivity contribution in [2.24, 2.45) is 0 Å². The van der Waals surface area contributed by atoms with Gasteiger partial charge < -0.3 is 5.73 Å². The number of nitrogens with zero attached hydrogens (tertiary/aromatic N) is 4. The Kier molecular flexibility index (Phi) is 2.52. The lowest BCUT2D eigenvalue weighted by molar-refractivity contribution is 0.876. The molecular formula is C12H10BrN5. The second-order valence-electron chi connectivity index (χ2n) is 3.93. The molecule has 0 radical (unpaired) electrons. The monoisotopic (exact) mass is 303 g/mol. The lowest BCUT2D eigenvalue weighted by Gasteiger charge is -2.02. The van der Waals surface area contributed by atoms with Crippen molar-refractivity contribution in [2.75, 3.05) is 5.73 Å². The number of halogens is 1. The first-order chi connectivity index (χ1) is 8.66. The van der Waals surface area contributed by atoms with E-state index in [0.717, 1.165) is 26.9 Å². The van der Waals surface area contributed by atoms with Crippen molar-refractivity contribution in [1.82, 2.24) is 19.7 Å². The van der Waals surface area contributed by atoms with Crippen LogP contribution in [0.1, 0.15) is 5.69 Å². The van der Waals surface area contributed by atoms with Gasteiger partial charge in [0.2, 0.25) is 0 Å². The van der Waals surface area contributed by atoms with Crippen LogP contribution in [0.15, 0.2) is 35.1 Å². The van der Waals surface area contributed by atoms with Crippen LogP contribution >= 0.6 is 15.9 Å². The van der Waals surface area contributed by atoms with Gasteiger partial charge in [0, 0.05) is 4.47 Å². The highest BCUT2D eigenvalue weighted by Gasteiger charge is 2.13. The average Bonchev–Trinajstić information content (AvgIpc) is 2.69. The highest BCUT2D eigenvalue weighted by Crippen LogP contribution is 2.23. The molecule has 0 aliphatic carbocycles. The number of aryl methyl sites for hydroxylation is 1. The molecule has 0 bridgehead atoms. The van der Waals surface area contributed by atoms with E-state index in [4.69, 9.17) is 5.73 Å². The van der Waals surface area contributed by atoms with Gasteiger partial charge in [0.1, 0.15) is 12.1 Å². The van der Waals surface area contributed by atoms with Crippen molar-refractivity contribution < 1.29 is 0 Å². The SMILES string of the molecule is Cc1nn(-c2ccc(Br)cc2)c2ncnc(N)c12. The molecule has 3 rings (SSSR count). The Bertz CT molecular complexity index is 717. The summed E-state index contributed by atoms with van der Waals surface area (Å²) in [6, 6.07) is 7.86. The van der Waals surface area contributed by atoms with Crippen LogP contribution in [0.25, 0.3) is 16.7 Å². The van der Waals surface area contributed by atoms with Gasteiger partial charge in [-0.05, 0) is 31.2 Å². The van der Waals surface area contributed by atoms with Gasteiger partial charge in [-0.2, -0.15) is 5.10 Å². The number of hydrogen-bond donors (Lipinski definition) is 1. The smallest absolute Gasteiger partial charge is 0.168 e. The number of nitrogen functional groups attached to an aromatic ring is 1. The summed E-state index contributed by atoms with van der Waals surface area (Å²) in [6.45, 7) is 1.90. The van der Waals surface area contributed by atoms with Crippen molar-refractivity contribution in [3.8, 4) is 5.69 Å². The molecule has 90 valence electrons. The molecule has 3 aromatic rings. The summed E-state index contributed by atoms with van der Waals surface area (Å²) in [7, 11) is 0. The molecule has 1 aromatic carbocycles. The van der Waals surface area contributed by atoms with Crippen molar-refractivity contribution in [3.63, 3.8) is 0 Å².